The highest BCUT2D eigenvalue weighted by Gasteiger charge is 2.16. The van der Waals surface area contributed by atoms with Gasteiger partial charge in [-0.15, -0.1) is 0 Å². The molecule has 20 heavy (non-hydrogen) atoms. The molecule has 0 aliphatic rings. The van der Waals surface area contributed by atoms with Crippen molar-refractivity contribution in [3.8, 4) is 0 Å². The maximum absolute atomic E-state index is 12.2. The average molecular weight is 355 g/mol. The summed E-state index contributed by atoms with van der Waals surface area (Å²) >= 11 is 9.33. The lowest BCUT2D eigenvalue weighted by molar-refractivity contribution is 0.0916. The van der Waals surface area contributed by atoms with E-state index >= 15 is 0 Å². The molecule has 2 rings (SSSR count). The van der Waals surface area contributed by atoms with E-state index < -0.39 is 6.04 Å². The molecule has 104 valence electrons. The smallest absolute Gasteiger partial charge is 0.253 e. The van der Waals surface area contributed by atoms with E-state index in [0.29, 0.717) is 10.6 Å². The number of hydrogen-bond donors (Lipinski definition) is 2. The second-order valence-electron chi connectivity index (χ2n) is 4.24. The number of carbonyl (C=O) groups is 1. The lowest BCUT2D eigenvalue weighted by atomic mass is 10.1. The third-order valence-electron chi connectivity index (χ3n) is 2.87. The summed E-state index contributed by atoms with van der Waals surface area (Å²) in [5, 5.41) is 12.6. The van der Waals surface area contributed by atoms with Crippen LogP contribution in [0.25, 0.3) is 0 Å². The van der Waals surface area contributed by atoms with Gasteiger partial charge in [-0.2, -0.15) is 0 Å². The van der Waals surface area contributed by atoms with Crippen molar-refractivity contribution in [2.75, 3.05) is 6.61 Å². The third-order valence-corrected chi connectivity index (χ3v) is 3.67. The zero-order valence-electron chi connectivity index (χ0n) is 10.5. The summed E-state index contributed by atoms with van der Waals surface area (Å²) in [6.07, 6.45) is 0. The maximum atomic E-state index is 12.2. The summed E-state index contributed by atoms with van der Waals surface area (Å²) in [6.45, 7) is -0.177. The topological polar surface area (TPSA) is 49.3 Å². The van der Waals surface area contributed by atoms with Gasteiger partial charge in [-0.05, 0) is 23.8 Å². The van der Waals surface area contributed by atoms with Crippen molar-refractivity contribution in [1.29, 1.82) is 0 Å². The molecule has 0 aliphatic carbocycles. The molecule has 0 fully saturated rings. The summed E-state index contributed by atoms with van der Waals surface area (Å²) in [4.78, 5) is 12.2. The Bertz CT molecular complexity index is 604. The molecule has 0 bridgehead atoms. The summed E-state index contributed by atoms with van der Waals surface area (Å²) in [6, 6.07) is 13.9. The Morgan fingerprint density at radius 1 is 1.25 bits per heavy atom. The molecule has 0 saturated heterocycles. The Morgan fingerprint density at radius 2 is 1.95 bits per heavy atom. The van der Waals surface area contributed by atoms with Crippen molar-refractivity contribution >= 4 is 33.4 Å². The number of hydrogen-bond acceptors (Lipinski definition) is 2. The van der Waals surface area contributed by atoms with E-state index in [-0.39, 0.29) is 12.5 Å². The third kappa shape index (κ3) is 3.60. The van der Waals surface area contributed by atoms with E-state index in [2.05, 4.69) is 21.2 Å². The van der Waals surface area contributed by atoms with Crippen molar-refractivity contribution in [1.82, 2.24) is 5.32 Å². The second-order valence-corrected chi connectivity index (χ2v) is 5.57. The van der Waals surface area contributed by atoms with Crippen LogP contribution in [0.1, 0.15) is 22.0 Å². The number of nitrogens with one attached hydrogen (secondary N) is 1. The molecule has 1 amide bonds. The average Bonchev–Trinajstić information content (AvgIpc) is 2.45. The molecule has 2 aromatic rings. The van der Waals surface area contributed by atoms with Crippen molar-refractivity contribution < 1.29 is 9.90 Å². The minimum absolute atomic E-state index is 0.177. The van der Waals surface area contributed by atoms with Gasteiger partial charge in [0, 0.05) is 4.47 Å². The number of benzene rings is 2. The minimum atomic E-state index is -0.455. The van der Waals surface area contributed by atoms with E-state index in [1.54, 1.807) is 18.2 Å². The molecular formula is C15H13BrClNO2. The van der Waals surface area contributed by atoms with E-state index in [0.717, 1.165) is 10.0 Å². The lowest BCUT2D eigenvalue weighted by Gasteiger charge is -2.17. The van der Waals surface area contributed by atoms with Gasteiger partial charge in [-0.25, -0.2) is 0 Å². The van der Waals surface area contributed by atoms with Gasteiger partial charge in [-0.3, -0.25) is 4.79 Å². The van der Waals surface area contributed by atoms with Crippen molar-refractivity contribution in [2.24, 2.45) is 0 Å². The van der Waals surface area contributed by atoms with Crippen molar-refractivity contribution in [3.63, 3.8) is 0 Å². The minimum Gasteiger partial charge on any atom is -0.394 e. The number of amides is 1. The first-order valence-electron chi connectivity index (χ1n) is 6.03. The zero-order chi connectivity index (χ0) is 14.5. The molecule has 5 heteroatoms. The van der Waals surface area contributed by atoms with Crippen LogP contribution in [0.3, 0.4) is 0 Å². The number of carbonyl (C=O) groups excluding carboxylic acids is 1. The predicted octanol–water partition coefficient (Wildman–Crippen LogP) is 3.57. The summed E-state index contributed by atoms with van der Waals surface area (Å²) in [5.41, 5.74) is 1.22. The summed E-state index contributed by atoms with van der Waals surface area (Å²) in [5.74, 6) is -0.314. The van der Waals surface area contributed by atoms with E-state index in [1.807, 2.05) is 30.3 Å². The highest BCUT2D eigenvalue weighted by Crippen LogP contribution is 2.22. The maximum Gasteiger partial charge on any atom is 0.253 e. The van der Waals surface area contributed by atoms with Crippen LogP contribution < -0.4 is 5.32 Å². The molecule has 2 N–H and O–H groups in total. The van der Waals surface area contributed by atoms with Gasteiger partial charge in [0.1, 0.15) is 0 Å². The van der Waals surface area contributed by atoms with Crippen LogP contribution >= 0.6 is 27.5 Å². The zero-order valence-corrected chi connectivity index (χ0v) is 12.9. The lowest BCUT2D eigenvalue weighted by Crippen LogP contribution is -2.30. The van der Waals surface area contributed by atoms with Gasteiger partial charge >= 0.3 is 0 Å². The Labute approximate surface area is 130 Å². The Hall–Kier alpha value is -1.36. The molecule has 3 nitrogen and oxygen atoms in total. The normalized spacial score (nSPS) is 11.9. The molecule has 0 heterocycles. The van der Waals surface area contributed by atoms with Crippen LogP contribution in [0.2, 0.25) is 5.02 Å². The highest BCUT2D eigenvalue weighted by molar-refractivity contribution is 9.10. The largest absolute Gasteiger partial charge is 0.394 e. The monoisotopic (exact) mass is 353 g/mol. The Kier molecular flexibility index (Phi) is 5.17. The Balaban J connectivity index is 2.17. The van der Waals surface area contributed by atoms with E-state index in [1.165, 1.54) is 0 Å². The van der Waals surface area contributed by atoms with Gasteiger partial charge < -0.3 is 10.4 Å². The summed E-state index contributed by atoms with van der Waals surface area (Å²) in [7, 11) is 0. The van der Waals surface area contributed by atoms with Crippen LogP contribution in [0.5, 0.6) is 0 Å². The molecule has 0 radical (unpaired) electrons. The number of aliphatic hydroxyl groups excluding tert-OH is 1. The van der Waals surface area contributed by atoms with Gasteiger partial charge in [0.2, 0.25) is 0 Å². The molecule has 0 spiro atoms. The highest BCUT2D eigenvalue weighted by atomic mass is 79.9. The van der Waals surface area contributed by atoms with Crippen LogP contribution in [-0.4, -0.2) is 17.6 Å². The standard InChI is InChI=1S/C15H13BrClNO2/c16-11-6-7-12(13(17)8-11)15(20)18-14(9-19)10-4-2-1-3-5-10/h1-8,14,19H,9H2,(H,18,20)/t14-/m0/s1. The van der Waals surface area contributed by atoms with Gasteiger partial charge in [-0.1, -0.05) is 57.9 Å². The molecule has 0 unspecified atom stereocenters. The summed E-state index contributed by atoms with van der Waals surface area (Å²) < 4.78 is 0.806. The van der Waals surface area contributed by atoms with E-state index in [4.69, 9.17) is 11.6 Å². The fourth-order valence-corrected chi connectivity index (χ4v) is 2.59. The van der Waals surface area contributed by atoms with Gasteiger partial charge in [0.05, 0.1) is 23.2 Å². The molecule has 0 aliphatic heterocycles. The van der Waals surface area contributed by atoms with E-state index in [9.17, 15) is 9.90 Å². The number of rotatable bonds is 4. The molecule has 0 saturated carbocycles. The first-order valence-corrected chi connectivity index (χ1v) is 7.20. The number of aliphatic hydroxyl groups is 1. The second kappa shape index (κ2) is 6.88. The molecule has 1 atom stereocenters. The predicted molar refractivity (Wildman–Crippen MR) is 82.9 cm³/mol. The van der Waals surface area contributed by atoms with Crippen LogP contribution in [0, 0.1) is 0 Å². The molecule has 0 aromatic heterocycles. The van der Waals surface area contributed by atoms with Crippen molar-refractivity contribution in [2.45, 2.75) is 6.04 Å². The fraction of sp³-hybridized carbons (Fsp3) is 0.133. The number of halogens is 2. The molecule has 2 aromatic carbocycles. The van der Waals surface area contributed by atoms with Gasteiger partial charge in [0.15, 0.2) is 0 Å². The van der Waals surface area contributed by atoms with Gasteiger partial charge in [0.25, 0.3) is 5.91 Å². The quantitative estimate of drug-likeness (QED) is 0.882. The van der Waals surface area contributed by atoms with Crippen molar-refractivity contribution in [3.05, 3.63) is 69.2 Å². The first-order chi connectivity index (χ1) is 9.61. The van der Waals surface area contributed by atoms with Crippen LogP contribution in [0.15, 0.2) is 53.0 Å². The molecular weight excluding hydrogens is 342 g/mol. The first kappa shape index (κ1) is 15.0. The van der Waals surface area contributed by atoms with Crippen LogP contribution in [0.4, 0.5) is 0 Å². The van der Waals surface area contributed by atoms with Crippen LogP contribution in [-0.2, 0) is 0 Å². The SMILES string of the molecule is O=C(N[C@@H](CO)c1ccccc1)c1ccc(Br)cc1Cl. The Morgan fingerprint density at radius 3 is 2.55 bits per heavy atom. The fourth-order valence-electron chi connectivity index (χ4n) is 1.83.